The zero-order valence-corrected chi connectivity index (χ0v) is 13.2. The van der Waals surface area contributed by atoms with Gasteiger partial charge in [-0.1, -0.05) is 35.3 Å². The molecule has 1 aliphatic carbocycles. The lowest BCUT2D eigenvalue weighted by atomic mass is 9.89. The maximum atomic E-state index is 6.23. The van der Waals surface area contributed by atoms with Crippen molar-refractivity contribution in [2.24, 2.45) is 11.7 Å². The van der Waals surface area contributed by atoms with Gasteiger partial charge in [-0.05, 0) is 48.4 Å². The molecule has 1 aromatic carbocycles. The van der Waals surface area contributed by atoms with Crippen LogP contribution in [0.15, 0.2) is 22.7 Å². The first-order valence-corrected chi connectivity index (χ1v) is 8.26. The van der Waals surface area contributed by atoms with Crippen molar-refractivity contribution in [3.63, 3.8) is 0 Å². The van der Waals surface area contributed by atoms with Gasteiger partial charge in [0, 0.05) is 29.6 Å². The first kappa shape index (κ1) is 13.6. The second kappa shape index (κ2) is 5.55. The van der Waals surface area contributed by atoms with Gasteiger partial charge >= 0.3 is 0 Å². The minimum Gasteiger partial charge on any atom is -0.327 e. The Bertz CT molecular complexity index is 460. The van der Waals surface area contributed by atoms with Gasteiger partial charge in [0.2, 0.25) is 0 Å². The molecule has 0 radical (unpaired) electrons. The maximum Gasteiger partial charge on any atom is 0.0354 e. The summed E-state index contributed by atoms with van der Waals surface area (Å²) in [6.45, 7) is 4.61. The minimum atomic E-state index is 0.409. The highest BCUT2D eigenvalue weighted by Crippen LogP contribution is 2.39. The second-order valence-electron chi connectivity index (χ2n) is 6.01. The molecule has 2 aliphatic rings. The normalized spacial score (nSPS) is 31.4. The quantitative estimate of drug-likeness (QED) is 0.903. The molecule has 1 aromatic rings. The molecule has 104 valence electrons. The number of rotatable bonds is 2. The van der Waals surface area contributed by atoms with Gasteiger partial charge in [-0.15, -0.1) is 0 Å². The number of hydrogen-bond acceptors (Lipinski definition) is 2. The largest absolute Gasteiger partial charge is 0.327 e. The Morgan fingerprint density at radius 2 is 2.21 bits per heavy atom. The molecule has 19 heavy (non-hydrogen) atoms. The Hall–Kier alpha value is -0.380. The van der Waals surface area contributed by atoms with Gasteiger partial charge in [0.05, 0.1) is 0 Å². The third kappa shape index (κ3) is 2.61. The monoisotopic (exact) mass is 322 g/mol. The highest BCUT2D eigenvalue weighted by molar-refractivity contribution is 9.10. The zero-order chi connectivity index (χ0) is 13.4. The van der Waals surface area contributed by atoms with Crippen LogP contribution in [0.3, 0.4) is 0 Å². The van der Waals surface area contributed by atoms with E-state index in [1.165, 1.54) is 35.8 Å². The lowest BCUT2D eigenvalue weighted by Gasteiger charge is -2.40. The van der Waals surface area contributed by atoms with Crippen molar-refractivity contribution < 1.29 is 0 Å². The van der Waals surface area contributed by atoms with Gasteiger partial charge in [0.25, 0.3) is 0 Å². The molecule has 2 nitrogen and oxygen atoms in total. The fourth-order valence-corrected chi connectivity index (χ4v) is 4.14. The molecule has 1 aliphatic heterocycles. The van der Waals surface area contributed by atoms with Crippen molar-refractivity contribution in [2.75, 3.05) is 13.1 Å². The molecule has 0 saturated carbocycles. The van der Waals surface area contributed by atoms with E-state index in [1.54, 1.807) is 5.56 Å². The SMILES string of the molecule is CCC1CN(C2CCc3cc(Br)ccc32)CCC1N. The fourth-order valence-electron chi connectivity index (χ4n) is 3.74. The van der Waals surface area contributed by atoms with Gasteiger partial charge in [-0.25, -0.2) is 0 Å². The average Bonchev–Trinajstić information content (AvgIpc) is 2.82. The van der Waals surface area contributed by atoms with E-state index < -0.39 is 0 Å². The standard InChI is InChI=1S/C16H23BrN2/c1-2-11-10-19(8-7-15(11)18)16-6-3-12-9-13(17)4-5-14(12)16/h4-5,9,11,15-16H,2-3,6-8,10,18H2,1H3. The van der Waals surface area contributed by atoms with Crippen molar-refractivity contribution in [3.05, 3.63) is 33.8 Å². The molecule has 1 heterocycles. The van der Waals surface area contributed by atoms with Crippen molar-refractivity contribution >= 4 is 15.9 Å². The van der Waals surface area contributed by atoms with Crippen LogP contribution in [0.5, 0.6) is 0 Å². The Balaban J connectivity index is 1.78. The summed E-state index contributed by atoms with van der Waals surface area (Å²) in [5.74, 6) is 0.674. The lowest BCUT2D eigenvalue weighted by molar-refractivity contribution is 0.106. The van der Waals surface area contributed by atoms with Gasteiger partial charge in [0.15, 0.2) is 0 Å². The van der Waals surface area contributed by atoms with Crippen LogP contribution in [-0.4, -0.2) is 24.0 Å². The minimum absolute atomic E-state index is 0.409. The van der Waals surface area contributed by atoms with E-state index in [9.17, 15) is 0 Å². The molecule has 1 fully saturated rings. The molecule has 0 spiro atoms. The number of aryl methyl sites for hydroxylation is 1. The molecular formula is C16H23BrN2. The van der Waals surface area contributed by atoms with Crippen molar-refractivity contribution in [1.29, 1.82) is 0 Å². The van der Waals surface area contributed by atoms with Gasteiger partial charge < -0.3 is 5.73 Å². The van der Waals surface area contributed by atoms with E-state index in [0.29, 0.717) is 18.0 Å². The van der Waals surface area contributed by atoms with Gasteiger partial charge in [-0.2, -0.15) is 0 Å². The van der Waals surface area contributed by atoms with E-state index >= 15 is 0 Å². The first-order chi connectivity index (χ1) is 9.19. The van der Waals surface area contributed by atoms with Crippen molar-refractivity contribution in [1.82, 2.24) is 4.90 Å². The Labute approximate surface area is 124 Å². The van der Waals surface area contributed by atoms with Gasteiger partial charge in [-0.3, -0.25) is 4.90 Å². The van der Waals surface area contributed by atoms with E-state index in [2.05, 4.69) is 46.0 Å². The van der Waals surface area contributed by atoms with Crippen LogP contribution < -0.4 is 5.73 Å². The average molecular weight is 323 g/mol. The van der Waals surface area contributed by atoms with Crippen LogP contribution in [0.4, 0.5) is 0 Å². The number of benzene rings is 1. The van der Waals surface area contributed by atoms with Crippen LogP contribution in [0.1, 0.15) is 43.4 Å². The molecule has 3 atom stereocenters. The topological polar surface area (TPSA) is 29.3 Å². The van der Waals surface area contributed by atoms with Crippen LogP contribution in [0, 0.1) is 5.92 Å². The summed E-state index contributed by atoms with van der Waals surface area (Å²) in [5.41, 5.74) is 9.31. The van der Waals surface area contributed by atoms with Gasteiger partial charge in [0.1, 0.15) is 0 Å². The second-order valence-corrected chi connectivity index (χ2v) is 6.93. The molecule has 3 rings (SSSR count). The Morgan fingerprint density at radius 1 is 1.37 bits per heavy atom. The molecule has 0 amide bonds. The Kier molecular flexibility index (Phi) is 3.97. The summed E-state index contributed by atoms with van der Waals surface area (Å²) in [4.78, 5) is 2.68. The maximum absolute atomic E-state index is 6.23. The number of piperidine rings is 1. The number of halogens is 1. The lowest BCUT2D eigenvalue weighted by Crippen LogP contribution is -2.47. The molecular weight excluding hydrogens is 300 g/mol. The number of likely N-dealkylation sites (tertiary alicyclic amines) is 1. The predicted molar refractivity (Wildman–Crippen MR) is 83.2 cm³/mol. The smallest absolute Gasteiger partial charge is 0.0354 e. The molecule has 0 aromatic heterocycles. The summed E-state index contributed by atoms with van der Waals surface area (Å²) < 4.78 is 1.21. The van der Waals surface area contributed by atoms with Crippen LogP contribution >= 0.6 is 15.9 Å². The summed E-state index contributed by atoms with van der Waals surface area (Å²) in [6.07, 6.45) is 4.86. The highest BCUT2D eigenvalue weighted by atomic mass is 79.9. The van der Waals surface area contributed by atoms with Crippen molar-refractivity contribution in [3.8, 4) is 0 Å². The number of nitrogens with two attached hydrogens (primary N) is 1. The predicted octanol–water partition coefficient (Wildman–Crippen LogP) is 3.50. The van der Waals surface area contributed by atoms with E-state index in [1.807, 2.05) is 0 Å². The third-order valence-electron chi connectivity index (χ3n) is 4.94. The fraction of sp³-hybridized carbons (Fsp3) is 0.625. The van der Waals surface area contributed by atoms with Crippen molar-refractivity contribution in [2.45, 2.75) is 44.7 Å². The number of hydrogen-bond donors (Lipinski definition) is 1. The first-order valence-electron chi connectivity index (χ1n) is 7.47. The van der Waals surface area contributed by atoms with E-state index in [4.69, 9.17) is 5.73 Å². The molecule has 3 heteroatoms. The molecule has 0 bridgehead atoms. The van der Waals surface area contributed by atoms with Crippen LogP contribution in [0.2, 0.25) is 0 Å². The number of fused-ring (bicyclic) bond motifs is 1. The molecule has 2 N–H and O–H groups in total. The summed E-state index contributed by atoms with van der Waals surface area (Å²) >= 11 is 3.58. The summed E-state index contributed by atoms with van der Waals surface area (Å²) in [6, 6.07) is 7.83. The third-order valence-corrected chi connectivity index (χ3v) is 5.43. The van der Waals surface area contributed by atoms with E-state index in [-0.39, 0.29) is 0 Å². The van der Waals surface area contributed by atoms with Crippen LogP contribution in [-0.2, 0) is 6.42 Å². The summed E-state index contributed by atoms with van der Waals surface area (Å²) in [5, 5.41) is 0. The Morgan fingerprint density at radius 3 is 3.00 bits per heavy atom. The summed E-state index contributed by atoms with van der Waals surface area (Å²) in [7, 11) is 0. The highest BCUT2D eigenvalue weighted by Gasteiger charge is 2.33. The molecule has 1 saturated heterocycles. The zero-order valence-electron chi connectivity index (χ0n) is 11.6. The van der Waals surface area contributed by atoms with E-state index in [0.717, 1.165) is 13.0 Å². The van der Waals surface area contributed by atoms with Crippen LogP contribution in [0.25, 0.3) is 0 Å². The number of nitrogens with zero attached hydrogens (tertiary/aromatic N) is 1. The molecule has 3 unspecified atom stereocenters.